The van der Waals surface area contributed by atoms with Gasteiger partial charge in [-0.15, -0.1) is 0 Å². The van der Waals surface area contributed by atoms with Gasteiger partial charge in [0, 0.05) is 24.9 Å². The molecule has 1 aromatic heterocycles. The molecule has 0 aliphatic rings. The number of hydrogen-bond donors (Lipinski definition) is 3. The van der Waals surface area contributed by atoms with E-state index in [1.165, 1.54) is 18.2 Å². The summed E-state index contributed by atoms with van der Waals surface area (Å²) in [7, 11) is -3.58. The summed E-state index contributed by atoms with van der Waals surface area (Å²) in [6.07, 6.45) is 3.72. The first-order valence-corrected chi connectivity index (χ1v) is 7.37. The molecule has 8 heteroatoms. The number of nitrogen functional groups attached to an aromatic ring is 1. The molecule has 4 N–H and O–H groups in total. The molecule has 0 unspecified atom stereocenters. The van der Waals surface area contributed by atoms with Crippen LogP contribution in [0.25, 0.3) is 0 Å². The topological polar surface area (TPSA) is 101 Å². The number of sulfonamides is 1. The molecule has 0 spiro atoms. The predicted molar refractivity (Wildman–Crippen MR) is 73.3 cm³/mol. The quantitative estimate of drug-likeness (QED) is 0.721. The first-order valence-electron chi connectivity index (χ1n) is 5.51. The lowest BCUT2D eigenvalue weighted by molar-refractivity contribution is 0.581. The SMILES string of the molecule is Nc1cc(S(=O)(=O)NCCc2cnc[nH]2)ccc1Cl. The monoisotopic (exact) mass is 300 g/mol. The van der Waals surface area contributed by atoms with Gasteiger partial charge in [0.05, 0.1) is 21.9 Å². The molecule has 0 fully saturated rings. The molecular formula is C11H13ClN4O2S. The van der Waals surface area contributed by atoms with Gasteiger partial charge in [-0.05, 0) is 18.2 Å². The van der Waals surface area contributed by atoms with E-state index >= 15 is 0 Å². The highest BCUT2D eigenvalue weighted by Crippen LogP contribution is 2.21. The van der Waals surface area contributed by atoms with E-state index in [9.17, 15) is 8.42 Å². The second-order valence-electron chi connectivity index (χ2n) is 3.91. The third-order valence-electron chi connectivity index (χ3n) is 2.52. The van der Waals surface area contributed by atoms with E-state index in [2.05, 4.69) is 14.7 Å². The van der Waals surface area contributed by atoms with E-state index < -0.39 is 10.0 Å². The Bertz CT molecular complexity index is 655. The van der Waals surface area contributed by atoms with Crippen molar-refractivity contribution in [3.8, 4) is 0 Å². The molecule has 0 amide bonds. The van der Waals surface area contributed by atoms with Crippen LogP contribution in [0.15, 0.2) is 35.6 Å². The van der Waals surface area contributed by atoms with E-state index in [1.54, 1.807) is 12.5 Å². The van der Waals surface area contributed by atoms with Gasteiger partial charge in [0.2, 0.25) is 10.0 Å². The van der Waals surface area contributed by atoms with Crippen molar-refractivity contribution in [2.24, 2.45) is 0 Å². The Hall–Kier alpha value is -1.57. The van der Waals surface area contributed by atoms with Gasteiger partial charge < -0.3 is 10.7 Å². The number of nitrogens with two attached hydrogens (primary N) is 1. The predicted octanol–water partition coefficient (Wildman–Crippen LogP) is 1.17. The molecule has 0 bridgehead atoms. The van der Waals surface area contributed by atoms with Crippen LogP contribution in [0.4, 0.5) is 5.69 Å². The molecule has 0 aliphatic carbocycles. The third-order valence-corrected chi connectivity index (χ3v) is 4.32. The summed E-state index contributed by atoms with van der Waals surface area (Å²) in [6.45, 7) is 0.271. The Kier molecular flexibility index (Phi) is 4.08. The second kappa shape index (κ2) is 5.60. The van der Waals surface area contributed by atoms with Crippen LogP contribution in [-0.2, 0) is 16.4 Å². The van der Waals surface area contributed by atoms with E-state index in [4.69, 9.17) is 17.3 Å². The van der Waals surface area contributed by atoms with Crippen LogP contribution < -0.4 is 10.5 Å². The molecule has 0 saturated heterocycles. The summed E-state index contributed by atoms with van der Waals surface area (Å²) >= 11 is 5.75. The van der Waals surface area contributed by atoms with E-state index in [-0.39, 0.29) is 17.1 Å². The maximum atomic E-state index is 12.0. The molecule has 2 aromatic rings. The number of anilines is 1. The number of aromatic nitrogens is 2. The van der Waals surface area contributed by atoms with Crippen LogP contribution in [-0.4, -0.2) is 24.9 Å². The van der Waals surface area contributed by atoms with Crippen molar-refractivity contribution in [3.63, 3.8) is 0 Å². The molecule has 2 rings (SSSR count). The highest BCUT2D eigenvalue weighted by Gasteiger charge is 2.14. The van der Waals surface area contributed by atoms with Crippen LogP contribution in [0, 0.1) is 0 Å². The lowest BCUT2D eigenvalue weighted by Crippen LogP contribution is -2.26. The summed E-state index contributed by atoms with van der Waals surface area (Å²) in [5.74, 6) is 0. The summed E-state index contributed by atoms with van der Waals surface area (Å²) < 4.78 is 26.5. The van der Waals surface area contributed by atoms with Gasteiger partial charge in [-0.25, -0.2) is 18.1 Å². The minimum absolute atomic E-state index is 0.0963. The van der Waals surface area contributed by atoms with Crippen molar-refractivity contribution >= 4 is 27.3 Å². The molecule has 19 heavy (non-hydrogen) atoms. The first-order chi connectivity index (χ1) is 8.99. The molecule has 0 saturated carbocycles. The van der Waals surface area contributed by atoms with Crippen molar-refractivity contribution in [3.05, 3.63) is 41.4 Å². The van der Waals surface area contributed by atoms with Crippen molar-refractivity contribution in [2.45, 2.75) is 11.3 Å². The second-order valence-corrected chi connectivity index (χ2v) is 6.08. The molecular weight excluding hydrogens is 288 g/mol. The van der Waals surface area contributed by atoms with Crippen LogP contribution in [0.3, 0.4) is 0 Å². The number of rotatable bonds is 5. The van der Waals surface area contributed by atoms with Crippen molar-refractivity contribution < 1.29 is 8.42 Å². The standard InChI is InChI=1S/C11H13ClN4O2S/c12-10-2-1-9(5-11(10)13)19(17,18)16-4-3-8-6-14-7-15-8/h1-2,5-7,16H,3-4,13H2,(H,14,15). The fourth-order valence-corrected chi connectivity index (χ4v) is 2.70. The lowest BCUT2D eigenvalue weighted by Gasteiger charge is -2.07. The molecule has 1 aromatic carbocycles. The van der Waals surface area contributed by atoms with Gasteiger partial charge in [-0.3, -0.25) is 0 Å². The Labute approximate surface area is 116 Å². The number of aromatic amines is 1. The van der Waals surface area contributed by atoms with Crippen molar-refractivity contribution in [1.29, 1.82) is 0 Å². The van der Waals surface area contributed by atoms with E-state index in [0.717, 1.165) is 5.69 Å². The number of hydrogen-bond acceptors (Lipinski definition) is 4. The Morgan fingerprint density at radius 3 is 2.84 bits per heavy atom. The van der Waals surface area contributed by atoms with Gasteiger partial charge in [-0.1, -0.05) is 11.6 Å². The Balaban J connectivity index is 2.03. The molecule has 102 valence electrons. The number of nitrogens with zero attached hydrogens (tertiary/aromatic N) is 1. The van der Waals surface area contributed by atoms with E-state index in [0.29, 0.717) is 11.4 Å². The summed E-state index contributed by atoms with van der Waals surface area (Å²) in [4.78, 5) is 6.85. The molecule has 0 radical (unpaired) electrons. The zero-order valence-corrected chi connectivity index (χ0v) is 11.5. The van der Waals surface area contributed by atoms with Crippen molar-refractivity contribution in [1.82, 2.24) is 14.7 Å². The number of halogens is 1. The van der Waals surface area contributed by atoms with Gasteiger partial charge in [-0.2, -0.15) is 0 Å². The number of imidazole rings is 1. The van der Waals surface area contributed by atoms with Crippen molar-refractivity contribution in [2.75, 3.05) is 12.3 Å². The molecule has 1 heterocycles. The van der Waals surface area contributed by atoms with E-state index in [1.807, 2.05) is 0 Å². The summed E-state index contributed by atoms with van der Waals surface area (Å²) in [6, 6.07) is 4.21. The lowest BCUT2D eigenvalue weighted by atomic mass is 10.3. The molecule has 0 aliphatic heterocycles. The maximum Gasteiger partial charge on any atom is 0.240 e. The zero-order valence-electron chi connectivity index (χ0n) is 9.93. The summed E-state index contributed by atoms with van der Waals surface area (Å²) in [5, 5.41) is 0.330. The van der Waals surface area contributed by atoms with Crippen LogP contribution in [0.2, 0.25) is 5.02 Å². The zero-order chi connectivity index (χ0) is 13.9. The Morgan fingerprint density at radius 2 is 2.21 bits per heavy atom. The van der Waals surface area contributed by atoms with Gasteiger partial charge >= 0.3 is 0 Å². The first kappa shape index (κ1) is 13.9. The van der Waals surface area contributed by atoms with Crippen LogP contribution in [0.1, 0.15) is 5.69 Å². The molecule has 0 atom stereocenters. The molecule has 6 nitrogen and oxygen atoms in total. The Morgan fingerprint density at radius 1 is 1.42 bits per heavy atom. The van der Waals surface area contributed by atoms with Gasteiger partial charge in [0.1, 0.15) is 0 Å². The largest absolute Gasteiger partial charge is 0.397 e. The smallest absolute Gasteiger partial charge is 0.240 e. The third kappa shape index (κ3) is 3.46. The highest BCUT2D eigenvalue weighted by molar-refractivity contribution is 7.89. The highest BCUT2D eigenvalue weighted by atomic mass is 35.5. The fraction of sp³-hybridized carbons (Fsp3) is 0.182. The normalized spacial score (nSPS) is 11.6. The number of nitrogens with one attached hydrogen (secondary N) is 2. The van der Waals surface area contributed by atoms with Crippen LogP contribution in [0.5, 0.6) is 0 Å². The minimum atomic E-state index is -3.58. The summed E-state index contributed by atoms with van der Waals surface area (Å²) in [5.41, 5.74) is 6.68. The minimum Gasteiger partial charge on any atom is -0.397 e. The number of H-pyrrole nitrogens is 1. The number of benzene rings is 1. The fourth-order valence-electron chi connectivity index (χ4n) is 1.51. The maximum absolute atomic E-state index is 12.0. The van der Waals surface area contributed by atoms with Crippen LogP contribution >= 0.6 is 11.6 Å². The average Bonchev–Trinajstić information content (AvgIpc) is 2.85. The van der Waals surface area contributed by atoms with Gasteiger partial charge in [0.25, 0.3) is 0 Å². The average molecular weight is 301 g/mol. The van der Waals surface area contributed by atoms with Gasteiger partial charge in [0.15, 0.2) is 0 Å².